The van der Waals surface area contributed by atoms with E-state index in [1.165, 1.54) is 4.90 Å². The van der Waals surface area contributed by atoms with E-state index in [1.807, 2.05) is 56.0 Å². The zero-order chi connectivity index (χ0) is 22.4. The summed E-state index contributed by atoms with van der Waals surface area (Å²) in [5.41, 5.74) is 0.559. The zero-order valence-corrected chi connectivity index (χ0v) is 18.9. The molecule has 0 bridgehead atoms. The average Bonchev–Trinajstić information content (AvgIpc) is 2.73. The number of carbonyl (C=O) groups is 3. The number of urea groups is 1. The van der Waals surface area contributed by atoms with Crippen LogP contribution in [0.1, 0.15) is 33.6 Å². The number of piperazine rings is 1. The van der Waals surface area contributed by atoms with Crippen LogP contribution in [0.3, 0.4) is 0 Å². The smallest absolute Gasteiger partial charge is 0.321 e. The molecule has 0 spiro atoms. The van der Waals surface area contributed by atoms with Crippen LogP contribution < -0.4 is 15.5 Å². The summed E-state index contributed by atoms with van der Waals surface area (Å²) in [4.78, 5) is 42.5. The molecule has 2 aliphatic heterocycles. The Bertz CT molecular complexity index is 761. The van der Waals surface area contributed by atoms with E-state index in [9.17, 15) is 14.4 Å². The number of hydrogen-bond donors (Lipinski definition) is 3. The molecule has 2 heterocycles. The van der Waals surface area contributed by atoms with E-state index < -0.39 is 0 Å². The fourth-order valence-electron chi connectivity index (χ4n) is 4.22. The third-order valence-electron chi connectivity index (χ3n) is 5.86. The fraction of sp³-hybridized carbons (Fsp3) is 0.609. The molecule has 3 N–H and O–H groups in total. The summed E-state index contributed by atoms with van der Waals surface area (Å²) in [6.45, 7) is 10.5. The zero-order valence-electron chi connectivity index (χ0n) is 18.9. The van der Waals surface area contributed by atoms with Gasteiger partial charge in [0, 0.05) is 30.2 Å². The standard InChI is InChI=1S/C23H35N5O3/c1-23(2,3)25-20(29)17-26-13-15-27(16-14-26)21(30)18-9-11-28(12-10-18)22(31)24-19-7-5-4-6-8-19/h4-8,18H,9-17H2,1-3H3,(H,24,31)(H,25,29)/p+1. The largest absolute Gasteiger partial charge is 0.347 e. The van der Waals surface area contributed by atoms with E-state index >= 15 is 0 Å². The molecule has 1 aromatic rings. The maximum absolute atomic E-state index is 13.0. The molecule has 2 aliphatic rings. The van der Waals surface area contributed by atoms with Crippen LogP contribution in [0.5, 0.6) is 0 Å². The number of quaternary nitrogens is 1. The third kappa shape index (κ3) is 6.95. The normalized spacial score (nSPS) is 18.5. The Morgan fingerprint density at radius 3 is 2.16 bits per heavy atom. The Balaban J connectivity index is 1.39. The molecule has 0 unspecified atom stereocenters. The number of piperidine rings is 1. The summed E-state index contributed by atoms with van der Waals surface area (Å²) in [6, 6.07) is 9.31. The highest BCUT2D eigenvalue weighted by Gasteiger charge is 2.33. The van der Waals surface area contributed by atoms with E-state index in [1.54, 1.807) is 4.90 Å². The first-order valence-electron chi connectivity index (χ1n) is 11.3. The van der Waals surface area contributed by atoms with Crippen molar-refractivity contribution in [3.05, 3.63) is 30.3 Å². The second-order valence-electron chi connectivity index (χ2n) is 9.61. The van der Waals surface area contributed by atoms with Gasteiger partial charge in [0.05, 0.1) is 26.2 Å². The number of benzene rings is 1. The van der Waals surface area contributed by atoms with Gasteiger partial charge in [0.2, 0.25) is 5.91 Å². The maximum atomic E-state index is 13.0. The van der Waals surface area contributed by atoms with Gasteiger partial charge < -0.3 is 25.3 Å². The van der Waals surface area contributed by atoms with Crippen molar-refractivity contribution < 1.29 is 19.3 Å². The second kappa shape index (κ2) is 10.1. The van der Waals surface area contributed by atoms with E-state index in [0.717, 1.165) is 18.8 Å². The molecule has 2 fully saturated rings. The minimum Gasteiger partial charge on any atom is -0.347 e. The Labute approximate surface area is 184 Å². The molecular weight excluding hydrogens is 394 g/mol. The summed E-state index contributed by atoms with van der Waals surface area (Å²) >= 11 is 0. The van der Waals surface area contributed by atoms with Crippen LogP contribution >= 0.6 is 0 Å². The Kier molecular flexibility index (Phi) is 7.54. The first kappa shape index (κ1) is 23.1. The van der Waals surface area contributed by atoms with Gasteiger partial charge in [0.1, 0.15) is 0 Å². The number of para-hydroxylation sites is 1. The highest BCUT2D eigenvalue weighted by molar-refractivity contribution is 5.89. The summed E-state index contributed by atoms with van der Waals surface area (Å²) in [5, 5.41) is 5.91. The lowest BCUT2D eigenvalue weighted by molar-refractivity contribution is -0.896. The number of amides is 4. The molecule has 0 atom stereocenters. The number of hydrogen-bond acceptors (Lipinski definition) is 3. The van der Waals surface area contributed by atoms with Crippen LogP contribution in [-0.4, -0.2) is 79.0 Å². The van der Waals surface area contributed by atoms with E-state index in [4.69, 9.17) is 0 Å². The Morgan fingerprint density at radius 2 is 1.58 bits per heavy atom. The summed E-state index contributed by atoms with van der Waals surface area (Å²) in [6.07, 6.45) is 1.39. The Hall–Kier alpha value is -2.61. The van der Waals surface area contributed by atoms with Crippen molar-refractivity contribution in [1.29, 1.82) is 0 Å². The topological polar surface area (TPSA) is 86.2 Å². The minimum absolute atomic E-state index is 0.0217. The first-order valence-corrected chi connectivity index (χ1v) is 11.3. The number of likely N-dealkylation sites (tertiary alicyclic amines) is 1. The molecular formula is C23H36N5O3+. The molecule has 170 valence electrons. The summed E-state index contributed by atoms with van der Waals surface area (Å²) < 4.78 is 0. The molecule has 2 saturated heterocycles. The highest BCUT2D eigenvalue weighted by Crippen LogP contribution is 2.20. The van der Waals surface area contributed by atoms with Crippen molar-refractivity contribution in [2.24, 2.45) is 5.92 Å². The van der Waals surface area contributed by atoms with Gasteiger partial charge in [-0.1, -0.05) is 18.2 Å². The number of rotatable bonds is 4. The second-order valence-corrected chi connectivity index (χ2v) is 9.61. The van der Waals surface area contributed by atoms with Gasteiger partial charge in [0.15, 0.2) is 6.54 Å². The molecule has 31 heavy (non-hydrogen) atoms. The maximum Gasteiger partial charge on any atom is 0.321 e. The van der Waals surface area contributed by atoms with Crippen molar-refractivity contribution >= 4 is 23.5 Å². The van der Waals surface area contributed by atoms with Gasteiger partial charge in [-0.25, -0.2) is 4.79 Å². The number of nitrogens with zero attached hydrogens (tertiary/aromatic N) is 2. The van der Waals surface area contributed by atoms with Gasteiger partial charge in [-0.05, 0) is 45.7 Å². The van der Waals surface area contributed by atoms with E-state index in [2.05, 4.69) is 10.6 Å². The average molecular weight is 431 g/mol. The predicted molar refractivity (Wildman–Crippen MR) is 120 cm³/mol. The number of anilines is 1. The van der Waals surface area contributed by atoms with E-state index in [-0.39, 0.29) is 29.3 Å². The minimum atomic E-state index is -0.221. The van der Waals surface area contributed by atoms with Crippen LogP contribution in [0.2, 0.25) is 0 Å². The Morgan fingerprint density at radius 1 is 0.968 bits per heavy atom. The molecule has 0 aromatic heterocycles. The fourth-order valence-corrected chi connectivity index (χ4v) is 4.22. The van der Waals surface area contributed by atoms with Gasteiger partial charge in [-0.2, -0.15) is 0 Å². The third-order valence-corrected chi connectivity index (χ3v) is 5.86. The molecule has 1 aromatic carbocycles. The monoisotopic (exact) mass is 430 g/mol. The van der Waals surface area contributed by atoms with Crippen molar-refractivity contribution in [2.45, 2.75) is 39.2 Å². The quantitative estimate of drug-likeness (QED) is 0.653. The predicted octanol–water partition coefficient (Wildman–Crippen LogP) is 0.572. The molecule has 8 heteroatoms. The van der Waals surface area contributed by atoms with Gasteiger partial charge in [-0.15, -0.1) is 0 Å². The van der Waals surface area contributed by atoms with Crippen LogP contribution in [-0.2, 0) is 9.59 Å². The summed E-state index contributed by atoms with van der Waals surface area (Å²) in [5.74, 6) is 0.233. The summed E-state index contributed by atoms with van der Waals surface area (Å²) in [7, 11) is 0. The van der Waals surface area contributed by atoms with E-state index in [0.29, 0.717) is 45.6 Å². The molecule has 4 amide bonds. The van der Waals surface area contributed by atoms with Crippen LogP contribution in [0.4, 0.5) is 10.5 Å². The van der Waals surface area contributed by atoms with Gasteiger partial charge in [-0.3, -0.25) is 9.59 Å². The van der Waals surface area contributed by atoms with Crippen molar-refractivity contribution in [2.75, 3.05) is 51.1 Å². The van der Waals surface area contributed by atoms with Crippen molar-refractivity contribution in [3.63, 3.8) is 0 Å². The number of carbonyl (C=O) groups excluding carboxylic acids is 3. The van der Waals surface area contributed by atoms with Gasteiger partial charge in [0.25, 0.3) is 5.91 Å². The van der Waals surface area contributed by atoms with Crippen molar-refractivity contribution in [3.8, 4) is 0 Å². The van der Waals surface area contributed by atoms with Crippen molar-refractivity contribution in [1.82, 2.24) is 15.1 Å². The van der Waals surface area contributed by atoms with Crippen LogP contribution in [0.15, 0.2) is 30.3 Å². The molecule has 0 aliphatic carbocycles. The SMILES string of the molecule is CC(C)(C)NC(=O)C[NH+]1CCN(C(=O)C2CCN(C(=O)Nc3ccccc3)CC2)CC1. The van der Waals surface area contributed by atoms with Gasteiger partial charge >= 0.3 is 6.03 Å². The molecule has 0 radical (unpaired) electrons. The first-order chi connectivity index (χ1) is 14.7. The highest BCUT2D eigenvalue weighted by atomic mass is 16.2. The lowest BCUT2D eigenvalue weighted by atomic mass is 9.95. The van der Waals surface area contributed by atoms with Crippen LogP contribution in [0, 0.1) is 5.92 Å². The molecule has 3 rings (SSSR count). The molecule has 0 saturated carbocycles. The molecule has 8 nitrogen and oxygen atoms in total. The van der Waals surface area contributed by atoms with Crippen LogP contribution in [0.25, 0.3) is 0 Å². The number of nitrogens with one attached hydrogen (secondary N) is 3. The lowest BCUT2D eigenvalue weighted by Crippen LogP contribution is -3.16. The lowest BCUT2D eigenvalue weighted by Gasteiger charge is -2.37.